The van der Waals surface area contributed by atoms with Crippen LogP contribution in [0.4, 0.5) is 13.6 Å². The lowest BCUT2D eigenvalue weighted by molar-refractivity contribution is 0.0966. The van der Waals surface area contributed by atoms with E-state index < -0.39 is 23.8 Å². The van der Waals surface area contributed by atoms with Crippen molar-refractivity contribution in [2.45, 2.75) is 24.8 Å². The average Bonchev–Trinajstić information content (AvgIpc) is 2.96. The minimum atomic E-state index is -1.13. The lowest BCUT2D eigenvalue weighted by atomic mass is 9.86. The van der Waals surface area contributed by atoms with E-state index in [1.165, 1.54) is 17.0 Å². The summed E-state index contributed by atoms with van der Waals surface area (Å²) in [7, 11) is 0. The molecule has 1 fully saturated rings. The maximum absolute atomic E-state index is 13.5. The Hall–Kier alpha value is -2.64. The Morgan fingerprint density at radius 1 is 1.30 bits per heavy atom. The van der Waals surface area contributed by atoms with Crippen LogP contribution in [0, 0.1) is 11.6 Å². The van der Waals surface area contributed by atoms with Crippen molar-refractivity contribution in [1.82, 2.24) is 10.1 Å². The van der Waals surface area contributed by atoms with Crippen LogP contribution in [0.25, 0.3) is 0 Å². The number of carboxylic acid groups (broad SMARTS) is 1. The molecule has 0 saturated carbocycles. The maximum Gasteiger partial charge on any atom is 0.407 e. The molecule has 0 spiro atoms. The summed E-state index contributed by atoms with van der Waals surface area (Å²) < 4.78 is 31.7. The van der Waals surface area contributed by atoms with Crippen molar-refractivity contribution in [1.29, 1.82) is 0 Å². The van der Waals surface area contributed by atoms with E-state index in [0.29, 0.717) is 24.2 Å². The van der Waals surface area contributed by atoms with Crippen LogP contribution >= 0.6 is 0 Å². The van der Waals surface area contributed by atoms with Gasteiger partial charge in [0.25, 0.3) is 5.56 Å². The molecule has 6 nitrogen and oxygen atoms in total. The molecule has 2 aromatic rings. The van der Waals surface area contributed by atoms with Crippen molar-refractivity contribution < 1.29 is 23.2 Å². The van der Waals surface area contributed by atoms with Crippen molar-refractivity contribution in [3.05, 3.63) is 57.6 Å². The molecule has 1 saturated heterocycles. The van der Waals surface area contributed by atoms with Gasteiger partial charge in [0.05, 0.1) is 6.04 Å². The van der Waals surface area contributed by atoms with Gasteiger partial charge in [0.1, 0.15) is 5.76 Å². The largest absolute Gasteiger partial charge is 0.465 e. The normalized spacial score (nSPS) is 21.4. The third-order valence-electron chi connectivity index (χ3n) is 4.12. The van der Waals surface area contributed by atoms with Gasteiger partial charge in [-0.3, -0.25) is 4.79 Å². The molecule has 122 valence electrons. The van der Waals surface area contributed by atoms with Crippen LogP contribution in [0.15, 0.2) is 33.6 Å². The standard InChI is InChI=1S/C15H14F2N2O4/c16-10-2-1-8(5-11(10)17)12-6-9(3-4-19(12)15(21)22)13-7-14(20)18-23-13/h1-2,5,7,9,12H,3-4,6H2,(H,18,20)(H,21,22)/t9-,12+/m0/s1. The second-order valence-electron chi connectivity index (χ2n) is 5.50. The molecule has 2 atom stereocenters. The number of rotatable bonds is 2. The highest BCUT2D eigenvalue weighted by atomic mass is 19.2. The zero-order chi connectivity index (χ0) is 16.6. The second-order valence-corrected chi connectivity index (χ2v) is 5.50. The summed E-state index contributed by atoms with van der Waals surface area (Å²) in [5, 5.41) is 11.5. The van der Waals surface area contributed by atoms with E-state index in [0.717, 1.165) is 12.1 Å². The molecule has 23 heavy (non-hydrogen) atoms. The van der Waals surface area contributed by atoms with Crippen LogP contribution in [-0.2, 0) is 0 Å². The summed E-state index contributed by atoms with van der Waals surface area (Å²) in [6.07, 6.45) is -0.334. The number of aromatic amines is 1. The fraction of sp³-hybridized carbons (Fsp3) is 0.333. The van der Waals surface area contributed by atoms with Crippen LogP contribution in [0.1, 0.15) is 36.1 Å². The van der Waals surface area contributed by atoms with E-state index in [9.17, 15) is 23.5 Å². The summed E-state index contributed by atoms with van der Waals surface area (Å²) >= 11 is 0. The molecule has 1 amide bonds. The Morgan fingerprint density at radius 3 is 2.70 bits per heavy atom. The van der Waals surface area contributed by atoms with Crippen molar-refractivity contribution >= 4 is 6.09 Å². The number of likely N-dealkylation sites (tertiary alicyclic amines) is 1. The van der Waals surface area contributed by atoms with Crippen molar-refractivity contribution in [2.24, 2.45) is 0 Å². The highest BCUT2D eigenvalue weighted by molar-refractivity contribution is 5.66. The molecule has 3 rings (SSSR count). The summed E-state index contributed by atoms with van der Waals surface area (Å²) in [6, 6.07) is 4.04. The lowest BCUT2D eigenvalue weighted by Gasteiger charge is -2.37. The Kier molecular flexibility index (Phi) is 3.89. The summed E-state index contributed by atoms with van der Waals surface area (Å²) in [5.41, 5.74) is -0.000997. The van der Waals surface area contributed by atoms with Gasteiger partial charge in [-0.25, -0.2) is 13.6 Å². The Morgan fingerprint density at radius 2 is 2.09 bits per heavy atom. The first-order valence-corrected chi connectivity index (χ1v) is 7.08. The number of nitrogens with one attached hydrogen (secondary N) is 1. The highest BCUT2D eigenvalue weighted by Gasteiger charge is 2.35. The number of carbonyl (C=O) groups is 1. The van der Waals surface area contributed by atoms with E-state index in [4.69, 9.17) is 4.52 Å². The van der Waals surface area contributed by atoms with Crippen LogP contribution in [0.2, 0.25) is 0 Å². The lowest BCUT2D eigenvalue weighted by Crippen LogP contribution is -2.39. The fourth-order valence-corrected chi connectivity index (χ4v) is 2.99. The van der Waals surface area contributed by atoms with E-state index in [2.05, 4.69) is 5.16 Å². The molecule has 2 N–H and O–H groups in total. The highest BCUT2D eigenvalue weighted by Crippen LogP contribution is 2.39. The molecular weight excluding hydrogens is 310 g/mol. The SMILES string of the molecule is O=C(O)N1CC[C@H](c2cc(=O)[nH]o2)C[C@@H]1c1ccc(F)c(F)c1. The van der Waals surface area contributed by atoms with Crippen LogP contribution in [0.5, 0.6) is 0 Å². The molecule has 2 heterocycles. The molecule has 1 aliphatic rings. The zero-order valence-electron chi connectivity index (χ0n) is 12.0. The molecule has 0 unspecified atom stereocenters. The number of hydrogen-bond donors (Lipinski definition) is 2. The third-order valence-corrected chi connectivity index (χ3v) is 4.12. The van der Waals surface area contributed by atoms with E-state index in [1.807, 2.05) is 0 Å². The Bertz CT molecular complexity index is 786. The minimum absolute atomic E-state index is 0.178. The summed E-state index contributed by atoms with van der Waals surface area (Å²) in [6.45, 7) is 0.207. The van der Waals surface area contributed by atoms with Crippen LogP contribution < -0.4 is 5.56 Å². The van der Waals surface area contributed by atoms with Gasteiger partial charge in [-0.15, -0.1) is 0 Å². The minimum Gasteiger partial charge on any atom is -0.465 e. The Labute approximate surface area is 129 Å². The van der Waals surface area contributed by atoms with Gasteiger partial charge in [-0.05, 0) is 30.5 Å². The first-order chi connectivity index (χ1) is 11.0. The van der Waals surface area contributed by atoms with Crippen LogP contribution in [-0.4, -0.2) is 27.8 Å². The molecule has 0 radical (unpaired) electrons. The summed E-state index contributed by atoms with van der Waals surface area (Å²) in [5.74, 6) is -1.75. The predicted molar refractivity (Wildman–Crippen MR) is 75.1 cm³/mol. The van der Waals surface area contributed by atoms with Gasteiger partial charge in [0.2, 0.25) is 0 Å². The number of amides is 1. The number of hydrogen-bond acceptors (Lipinski definition) is 3. The molecule has 0 bridgehead atoms. The fourth-order valence-electron chi connectivity index (χ4n) is 2.99. The number of nitrogens with zero attached hydrogens (tertiary/aromatic N) is 1. The zero-order valence-corrected chi connectivity index (χ0v) is 12.0. The van der Waals surface area contributed by atoms with E-state index in [1.54, 1.807) is 0 Å². The molecule has 1 aromatic carbocycles. The van der Waals surface area contributed by atoms with Crippen molar-refractivity contribution in [2.75, 3.05) is 6.54 Å². The topological polar surface area (TPSA) is 86.5 Å². The number of halogens is 2. The maximum atomic E-state index is 13.5. The molecule has 1 aliphatic heterocycles. The van der Waals surface area contributed by atoms with Crippen LogP contribution in [0.3, 0.4) is 0 Å². The first kappa shape index (κ1) is 15.3. The quantitative estimate of drug-likeness (QED) is 0.889. The molecule has 1 aromatic heterocycles. The van der Waals surface area contributed by atoms with Gasteiger partial charge in [-0.2, -0.15) is 5.16 Å². The summed E-state index contributed by atoms with van der Waals surface area (Å²) in [4.78, 5) is 23.8. The van der Waals surface area contributed by atoms with E-state index >= 15 is 0 Å². The number of H-pyrrole nitrogens is 1. The van der Waals surface area contributed by atoms with Gasteiger partial charge in [0, 0.05) is 18.5 Å². The van der Waals surface area contributed by atoms with Crippen molar-refractivity contribution in [3.8, 4) is 0 Å². The van der Waals surface area contributed by atoms with Gasteiger partial charge < -0.3 is 14.5 Å². The van der Waals surface area contributed by atoms with Gasteiger partial charge in [0.15, 0.2) is 11.6 Å². The smallest absolute Gasteiger partial charge is 0.407 e. The first-order valence-electron chi connectivity index (χ1n) is 7.08. The number of aromatic nitrogens is 1. The molecule has 8 heteroatoms. The molecular formula is C15H14F2N2O4. The predicted octanol–water partition coefficient (Wildman–Crippen LogP) is 2.84. The second kappa shape index (κ2) is 5.86. The monoisotopic (exact) mass is 324 g/mol. The molecule has 0 aliphatic carbocycles. The average molecular weight is 324 g/mol. The van der Waals surface area contributed by atoms with Crippen molar-refractivity contribution in [3.63, 3.8) is 0 Å². The van der Waals surface area contributed by atoms with E-state index in [-0.39, 0.29) is 18.0 Å². The van der Waals surface area contributed by atoms with Gasteiger partial charge >= 0.3 is 6.09 Å². The number of piperidine rings is 1. The Balaban J connectivity index is 1.92. The number of benzene rings is 1. The third kappa shape index (κ3) is 2.96. The van der Waals surface area contributed by atoms with Gasteiger partial charge in [-0.1, -0.05) is 6.07 Å².